The van der Waals surface area contributed by atoms with Gasteiger partial charge in [-0.1, -0.05) is 0 Å². The fraction of sp³-hybridized carbons (Fsp3) is 0. The third-order valence-electron chi connectivity index (χ3n) is 0. The molecule has 0 fully saturated rings. The Balaban J connectivity index is 0. The number of rotatable bonds is 2. The quantitative estimate of drug-likeness (QED) is 0.398. The molecule has 0 aliphatic carbocycles. The normalized spacial score (nSPS) is 24.8. The lowest BCUT2D eigenvalue weighted by atomic mass is 14.0. The zero-order chi connectivity index (χ0) is 10.4. The van der Waals surface area contributed by atoms with Gasteiger partial charge in [-0.15, -0.1) is 0 Å². The number of hydrogen-bond acceptors (Lipinski definition) is 4. The largest absolute Gasteiger partial charge is 0.756 e. The summed E-state index contributed by atoms with van der Waals surface area (Å²) in [5, 5.41) is 0. The van der Waals surface area contributed by atoms with Crippen molar-refractivity contribution in [3.05, 3.63) is 0 Å². The fourth-order valence-corrected chi connectivity index (χ4v) is 0. The summed E-state index contributed by atoms with van der Waals surface area (Å²) in [7, 11) is -4.57. The average molecular weight is 121 g/mol. The van der Waals surface area contributed by atoms with Gasteiger partial charge in [-0.25, -0.2) is 0 Å². The van der Waals surface area contributed by atoms with Crippen LogP contribution < -0.4 is 11.0 Å². The van der Waals surface area contributed by atoms with Crippen LogP contribution in [0.5, 0.6) is 0 Å². The van der Waals surface area contributed by atoms with Gasteiger partial charge in [0.1, 0.15) is 0 Å². The Morgan fingerprint density at radius 2 is 2.50 bits per heavy atom. The molecule has 0 spiro atoms. The molecule has 0 bridgehead atoms. The van der Waals surface area contributed by atoms with E-state index in [1.54, 1.807) is 0 Å². The standard InChI is InChI=1S/H3N.H3O4P/c;1-5(2,3)4/h1H3;(H3,1,2,3,4)/i/hD6. The molecule has 0 saturated heterocycles. The molecule has 0 aromatic carbocycles. The second-order valence-corrected chi connectivity index (χ2v) is 1.34. The van der Waals surface area contributed by atoms with E-state index < -0.39 is 13.9 Å². The van der Waals surface area contributed by atoms with Gasteiger partial charge < -0.3 is 20.8 Å². The second kappa shape index (κ2) is 2.28. The first-order valence-electron chi connectivity index (χ1n) is 3.34. The van der Waals surface area contributed by atoms with E-state index in [9.17, 15) is 9.46 Å². The molecule has 0 unspecified atom stereocenters. The molecular weight excluding hydrogens is 109 g/mol. The number of quaternary nitrogens is 1. The van der Waals surface area contributed by atoms with E-state index in [-0.39, 0.29) is 0 Å². The van der Waals surface area contributed by atoms with Crippen LogP contribution in [0, 0.1) is 0 Å². The summed E-state index contributed by atoms with van der Waals surface area (Å²) in [5.41, 5.74) is 0. The van der Waals surface area contributed by atoms with E-state index in [1.165, 1.54) is 0 Å². The highest BCUT2D eigenvalue weighted by Crippen LogP contribution is 2.18. The first-order chi connectivity index (χ1) is 5.12. The molecule has 0 heterocycles. The molecule has 0 radical (unpaired) electrons. The molecule has 0 aliphatic rings. The van der Waals surface area contributed by atoms with Crippen molar-refractivity contribution in [1.82, 2.24) is 6.12 Å². The molecule has 6 heteroatoms. The summed E-state index contributed by atoms with van der Waals surface area (Å²) in [4.78, 5) is 15.4. The predicted molar refractivity (Wildman–Crippen MR) is 18.0 cm³/mol. The van der Waals surface area contributed by atoms with E-state index in [0.29, 0.717) is 0 Å². The van der Waals surface area contributed by atoms with Crippen molar-refractivity contribution in [2.45, 2.75) is 0 Å². The Morgan fingerprint density at radius 3 is 2.50 bits per heavy atom. The molecular formula is H6NO4P. The molecule has 5 nitrogen and oxygen atoms in total. The fourth-order valence-electron chi connectivity index (χ4n) is 0. The molecule has 40 valence electrons. The highest BCUT2D eigenvalue weighted by atomic mass is 31.2. The minimum absolute atomic E-state index is 2.00. The van der Waals surface area contributed by atoms with E-state index >= 15 is 0 Å². The molecule has 6 heavy (non-hydrogen) atoms. The van der Waals surface area contributed by atoms with Crippen molar-refractivity contribution < 1.29 is 24.9 Å². The van der Waals surface area contributed by atoms with E-state index in [2.05, 4.69) is 9.79 Å². The summed E-state index contributed by atoms with van der Waals surface area (Å²) >= 11 is 0. The Bertz CT molecular complexity index is 140. The zero-order valence-electron chi connectivity index (χ0n) is 8.53. The van der Waals surface area contributed by atoms with Crippen molar-refractivity contribution in [3.63, 3.8) is 0 Å². The van der Waals surface area contributed by atoms with Crippen molar-refractivity contribution in [1.29, 1.82) is 2.86 Å². The van der Waals surface area contributed by atoms with Gasteiger partial charge >= 0.3 is 5.65 Å². The summed E-state index contributed by atoms with van der Waals surface area (Å²) in [6.45, 7) is 0. The summed E-state index contributed by atoms with van der Waals surface area (Å²) < 4.78 is 44.4. The Labute approximate surface area is 43.3 Å². The van der Waals surface area contributed by atoms with Crippen LogP contribution in [0.15, 0.2) is 0 Å². The third-order valence-corrected chi connectivity index (χ3v) is 0. The van der Waals surface area contributed by atoms with E-state index in [1.807, 2.05) is 0 Å². The van der Waals surface area contributed by atoms with Crippen molar-refractivity contribution in [3.8, 4) is 0 Å². The number of phosphoric acid groups is 1. The monoisotopic (exact) mass is 121 g/mol. The minimum Gasteiger partial charge on any atom is -0.756 e. The zero-order valence-corrected chi connectivity index (χ0v) is 3.42. The lowest BCUT2D eigenvalue weighted by Gasteiger charge is -2.01. The van der Waals surface area contributed by atoms with Gasteiger partial charge in [0, 0.05) is 0 Å². The molecule has 6 N–H and O–H groups in total. The molecule has 0 aliphatic heterocycles. The highest BCUT2D eigenvalue weighted by molar-refractivity contribution is 7.43. The van der Waals surface area contributed by atoms with Crippen molar-refractivity contribution in [2.24, 2.45) is 0 Å². The molecule has 0 amide bonds. The van der Waals surface area contributed by atoms with Gasteiger partial charge in [0.25, 0.3) is 7.82 Å². The van der Waals surface area contributed by atoms with Crippen LogP contribution in [0.1, 0.15) is 0 Å². The maximum Gasteiger partial charge on any atom is 0.342 e. The van der Waals surface area contributed by atoms with Gasteiger partial charge in [-0.2, -0.15) is 0 Å². The third kappa shape index (κ3) is 7830. The highest BCUT2D eigenvalue weighted by Gasteiger charge is 1.82. The van der Waals surface area contributed by atoms with Gasteiger partial charge in [-0.3, -0.25) is 4.57 Å². The molecule has 0 atom stereocenters. The topological polar surface area (TPSA) is 117 Å². The molecule has 0 aromatic rings. The van der Waals surface area contributed by atoms with Gasteiger partial charge in [-0.05, 0) is 0 Å². The van der Waals surface area contributed by atoms with Gasteiger partial charge in [0.15, 0.2) is 0 Å². The first-order valence-corrected chi connectivity index (χ1v) is 2.19. The summed E-state index contributed by atoms with van der Waals surface area (Å²) in [6.07, 6.45) is -2.00. The molecule has 0 rings (SSSR count). The Hall–Kier alpha value is 0.0700. The molecule has 0 saturated carbocycles. The maximum absolute atomic E-state index is 9.58. The maximum atomic E-state index is 9.58. The Kier molecular flexibility index (Phi) is 0.585. The lowest BCUT2D eigenvalue weighted by Crippen LogP contribution is -1.94. The van der Waals surface area contributed by atoms with Crippen LogP contribution in [0.2, 0.25) is 5.65 Å². The minimum atomic E-state index is -4.57. The van der Waals surface area contributed by atoms with Crippen LogP contribution in [0.25, 0.3) is 0 Å². The van der Waals surface area contributed by atoms with Crippen LogP contribution in [0.4, 0.5) is 0 Å². The summed E-state index contributed by atoms with van der Waals surface area (Å²) in [6, 6.07) is 0. The first kappa shape index (κ1) is 1.54. The van der Waals surface area contributed by atoms with E-state index in [4.69, 9.17) is 8.51 Å². The predicted octanol–water partition coefficient (Wildman–Crippen LogP) is -1.18. The van der Waals surface area contributed by atoms with Crippen LogP contribution in [0.3, 0.4) is 0 Å². The smallest absolute Gasteiger partial charge is 0.342 e. The van der Waals surface area contributed by atoms with Crippen molar-refractivity contribution >= 4 is 7.82 Å². The SMILES string of the molecule is [2H]OP(=O)([O-])O[2H].[2H][N+]([2H])([2H])[2H]. The lowest BCUT2D eigenvalue weighted by molar-refractivity contribution is -0.214. The van der Waals surface area contributed by atoms with Crippen LogP contribution >= 0.6 is 7.82 Å². The average Bonchev–Trinajstić information content (AvgIpc) is 1.85. The second-order valence-electron chi connectivity index (χ2n) is 0.447. The number of hydrogen-bond donors (Lipinski definition) is 3. The van der Waals surface area contributed by atoms with Crippen molar-refractivity contribution in [2.75, 3.05) is 0 Å². The summed E-state index contributed by atoms with van der Waals surface area (Å²) in [5.74, 6) is 0. The van der Waals surface area contributed by atoms with Gasteiger partial charge in [0.05, 0.1) is 0 Å². The Morgan fingerprint density at radius 1 is 2.17 bits per heavy atom. The molecule has 0 aromatic heterocycles. The van der Waals surface area contributed by atoms with Crippen LogP contribution in [-0.4, -0.2) is 12.7 Å². The van der Waals surface area contributed by atoms with E-state index in [0.717, 1.165) is 0 Å². The van der Waals surface area contributed by atoms with Crippen LogP contribution in [-0.2, 0) is 4.57 Å². The van der Waals surface area contributed by atoms with Gasteiger partial charge in [0.2, 0.25) is 2.86 Å².